The van der Waals surface area contributed by atoms with Gasteiger partial charge in [0.2, 0.25) is 0 Å². The van der Waals surface area contributed by atoms with E-state index in [9.17, 15) is 0 Å². The number of rotatable bonds is 3. The second kappa shape index (κ2) is 6.06. The molecule has 1 aliphatic rings. The summed E-state index contributed by atoms with van der Waals surface area (Å²) in [7, 11) is 0. The molecule has 0 bridgehead atoms. The lowest BCUT2D eigenvalue weighted by molar-refractivity contribution is 0.0665. The van der Waals surface area contributed by atoms with E-state index in [1.54, 1.807) is 0 Å². The number of benzene rings is 1. The highest BCUT2D eigenvalue weighted by Crippen LogP contribution is 2.37. The van der Waals surface area contributed by atoms with Crippen molar-refractivity contribution < 1.29 is 0 Å². The van der Waals surface area contributed by atoms with Crippen LogP contribution in [0.3, 0.4) is 0 Å². The van der Waals surface area contributed by atoms with Gasteiger partial charge in [-0.1, -0.05) is 29.3 Å². The Hall–Kier alpha value is -0.860. The predicted octanol–water partition coefficient (Wildman–Crippen LogP) is 3.42. The molecule has 0 spiro atoms. The molecule has 0 saturated carbocycles. The Labute approximate surface area is 118 Å². The van der Waals surface area contributed by atoms with Crippen LogP contribution in [0.1, 0.15) is 49.4 Å². The predicted molar refractivity (Wildman–Crippen MR) is 82.3 cm³/mol. The summed E-state index contributed by atoms with van der Waals surface area (Å²) in [4.78, 5) is 2.63. The summed E-state index contributed by atoms with van der Waals surface area (Å²) in [5, 5.41) is 0. The van der Waals surface area contributed by atoms with Crippen LogP contribution in [0, 0.1) is 19.8 Å². The summed E-state index contributed by atoms with van der Waals surface area (Å²) in [6.45, 7) is 11.0. The number of aryl methyl sites for hydroxylation is 2. The fraction of sp³-hybridized carbons (Fsp3) is 0.647. The minimum absolute atomic E-state index is 0.498. The van der Waals surface area contributed by atoms with E-state index in [0.717, 1.165) is 6.54 Å². The van der Waals surface area contributed by atoms with Crippen LogP contribution in [0.5, 0.6) is 0 Å². The maximum atomic E-state index is 6.04. The molecule has 0 amide bonds. The number of nitrogens with two attached hydrogens (primary N) is 1. The van der Waals surface area contributed by atoms with Crippen LogP contribution < -0.4 is 5.73 Å². The molecule has 2 unspecified atom stereocenters. The van der Waals surface area contributed by atoms with Crippen molar-refractivity contribution >= 4 is 0 Å². The van der Waals surface area contributed by atoms with Gasteiger partial charge in [-0.3, -0.25) is 4.90 Å². The monoisotopic (exact) mass is 260 g/mol. The Bertz CT molecular complexity index is 405. The molecule has 2 heteroatoms. The quantitative estimate of drug-likeness (QED) is 0.902. The molecular weight excluding hydrogens is 232 g/mol. The van der Waals surface area contributed by atoms with E-state index in [2.05, 4.69) is 50.8 Å². The van der Waals surface area contributed by atoms with Crippen LogP contribution in [0.4, 0.5) is 0 Å². The van der Waals surface area contributed by atoms with Gasteiger partial charge < -0.3 is 5.73 Å². The molecule has 0 aliphatic carbocycles. The van der Waals surface area contributed by atoms with E-state index < -0.39 is 0 Å². The minimum atomic E-state index is 0.498. The van der Waals surface area contributed by atoms with Crippen LogP contribution in [0.15, 0.2) is 18.2 Å². The Kier molecular flexibility index (Phi) is 4.64. The van der Waals surface area contributed by atoms with Crippen LogP contribution in [-0.4, -0.2) is 24.0 Å². The maximum Gasteiger partial charge on any atom is 0.0391 e. The van der Waals surface area contributed by atoms with Gasteiger partial charge in [-0.05, 0) is 65.1 Å². The molecule has 106 valence electrons. The third kappa shape index (κ3) is 3.18. The van der Waals surface area contributed by atoms with Crippen LogP contribution in [-0.2, 0) is 0 Å². The second-order valence-electron chi connectivity index (χ2n) is 6.34. The summed E-state index contributed by atoms with van der Waals surface area (Å²) >= 11 is 0. The van der Waals surface area contributed by atoms with E-state index in [4.69, 9.17) is 5.73 Å². The minimum Gasteiger partial charge on any atom is -0.330 e. The topological polar surface area (TPSA) is 29.3 Å². The Morgan fingerprint density at radius 1 is 1.21 bits per heavy atom. The van der Waals surface area contributed by atoms with Gasteiger partial charge in [0, 0.05) is 12.1 Å². The van der Waals surface area contributed by atoms with Crippen LogP contribution in [0.2, 0.25) is 0 Å². The van der Waals surface area contributed by atoms with Crippen molar-refractivity contribution in [3.05, 3.63) is 34.9 Å². The molecule has 1 fully saturated rings. The van der Waals surface area contributed by atoms with Crippen molar-refractivity contribution in [1.29, 1.82) is 0 Å². The molecule has 19 heavy (non-hydrogen) atoms. The van der Waals surface area contributed by atoms with Gasteiger partial charge in [-0.2, -0.15) is 0 Å². The molecule has 2 atom stereocenters. The molecule has 2 nitrogen and oxygen atoms in total. The third-order valence-corrected chi connectivity index (χ3v) is 4.35. The first-order valence-electron chi connectivity index (χ1n) is 7.57. The lowest BCUT2D eigenvalue weighted by atomic mass is 9.83. The van der Waals surface area contributed by atoms with Crippen molar-refractivity contribution in [2.75, 3.05) is 13.1 Å². The lowest BCUT2D eigenvalue weighted by Gasteiger charge is -2.44. The normalized spacial score (nSPS) is 24.9. The number of hydrogen-bond acceptors (Lipinski definition) is 2. The molecule has 1 aromatic rings. The molecule has 1 aromatic carbocycles. The van der Waals surface area contributed by atoms with Gasteiger partial charge >= 0.3 is 0 Å². The molecule has 2 N–H and O–H groups in total. The molecule has 2 rings (SSSR count). The molecule has 0 aromatic heterocycles. The first-order valence-corrected chi connectivity index (χ1v) is 7.57. The van der Waals surface area contributed by atoms with Crippen molar-refractivity contribution in [2.45, 2.75) is 52.6 Å². The molecule has 1 heterocycles. The van der Waals surface area contributed by atoms with Gasteiger partial charge in [-0.15, -0.1) is 0 Å². The van der Waals surface area contributed by atoms with Gasteiger partial charge in [0.25, 0.3) is 0 Å². The number of likely N-dealkylation sites (tertiary alicyclic amines) is 1. The van der Waals surface area contributed by atoms with Gasteiger partial charge in [-0.25, -0.2) is 0 Å². The molecular formula is C17H28N2. The summed E-state index contributed by atoms with van der Waals surface area (Å²) in [5.41, 5.74) is 10.2. The van der Waals surface area contributed by atoms with Gasteiger partial charge in [0.05, 0.1) is 0 Å². The summed E-state index contributed by atoms with van der Waals surface area (Å²) < 4.78 is 0. The third-order valence-electron chi connectivity index (χ3n) is 4.35. The Morgan fingerprint density at radius 3 is 2.37 bits per heavy atom. The van der Waals surface area contributed by atoms with E-state index in [0.29, 0.717) is 18.0 Å². The summed E-state index contributed by atoms with van der Waals surface area (Å²) in [6.07, 6.45) is 2.54. The molecule has 0 radical (unpaired) electrons. The van der Waals surface area contributed by atoms with E-state index in [1.807, 2.05) is 0 Å². The average Bonchev–Trinajstić information content (AvgIpc) is 2.36. The lowest BCUT2D eigenvalue weighted by Crippen LogP contribution is -2.45. The number of nitrogens with zero attached hydrogens (tertiary/aromatic N) is 1. The zero-order chi connectivity index (χ0) is 14.0. The standard InChI is InChI=1S/C17H28N2/c1-12(2)19-7-5-6-15(11-18)17(19)16-9-13(3)8-14(4)10-16/h8-10,12,15,17H,5-7,11,18H2,1-4H3. The van der Waals surface area contributed by atoms with E-state index in [-0.39, 0.29) is 0 Å². The fourth-order valence-corrected chi connectivity index (χ4v) is 3.57. The van der Waals surface area contributed by atoms with Crippen molar-refractivity contribution in [3.8, 4) is 0 Å². The highest BCUT2D eigenvalue weighted by molar-refractivity contribution is 5.31. The summed E-state index contributed by atoms with van der Waals surface area (Å²) in [6, 6.07) is 8.03. The Balaban J connectivity index is 2.39. The van der Waals surface area contributed by atoms with Gasteiger partial charge in [0.1, 0.15) is 0 Å². The zero-order valence-electron chi connectivity index (χ0n) is 12.8. The largest absolute Gasteiger partial charge is 0.330 e. The van der Waals surface area contributed by atoms with Crippen LogP contribution in [0.25, 0.3) is 0 Å². The Morgan fingerprint density at radius 2 is 1.84 bits per heavy atom. The zero-order valence-corrected chi connectivity index (χ0v) is 12.8. The average molecular weight is 260 g/mol. The molecule has 1 aliphatic heterocycles. The highest BCUT2D eigenvalue weighted by atomic mass is 15.2. The van der Waals surface area contributed by atoms with E-state index in [1.165, 1.54) is 36.1 Å². The first-order chi connectivity index (χ1) is 9.02. The maximum absolute atomic E-state index is 6.04. The van der Waals surface area contributed by atoms with Crippen LogP contribution >= 0.6 is 0 Å². The highest BCUT2D eigenvalue weighted by Gasteiger charge is 2.33. The van der Waals surface area contributed by atoms with Crippen molar-refractivity contribution in [2.24, 2.45) is 11.7 Å². The number of hydrogen-bond donors (Lipinski definition) is 1. The fourth-order valence-electron chi connectivity index (χ4n) is 3.57. The van der Waals surface area contributed by atoms with Gasteiger partial charge in [0.15, 0.2) is 0 Å². The smallest absolute Gasteiger partial charge is 0.0391 e. The first kappa shape index (κ1) is 14.5. The van der Waals surface area contributed by atoms with E-state index >= 15 is 0 Å². The molecule has 1 saturated heterocycles. The van der Waals surface area contributed by atoms with Crippen molar-refractivity contribution in [1.82, 2.24) is 4.90 Å². The summed E-state index contributed by atoms with van der Waals surface area (Å²) in [5.74, 6) is 0.595. The SMILES string of the molecule is Cc1cc(C)cc(C2C(CN)CCCN2C(C)C)c1. The number of piperidine rings is 1. The van der Waals surface area contributed by atoms with Crippen molar-refractivity contribution in [3.63, 3.8) is 0 Å². The second-order valence-corrected chi connectivity index (χ2v) is 6.34.